The zero-order chi connectivity index (χ0) is 9.10. The van der Waals surface area contributed by atoms with Crippen molar-refractivity contribution < 1.29 is 14.3 Å². The fraction of sp³-hybridized carbons (Fsp3) is 0. The van der Waals surface area contributed by atoms with E-state index in [1.807, 2.05) is 18.2 Å². The first-order chi connectivity index (χ1) is 6.36. The Balaban J connectivity index is 2.20. The minimum Gasteiger partial charge on any atom is -0.478 e. The molecular formula is C10H8O3. The van der Waals surface area contributed by atoms with E-state index >= 15 is 0 Å². The largest absolute Gasteiger partial charge is 0.478 e. The maximum atomic E-state index is 9.12. The van der Waals surface area contributed by atoms with E-state index in [0.29, 0.717) is 11.5 Å². The van der Waals surface area contributed by atoms with E-state index in [0.717, 1.165) is 0 Å². The lowest BCUT2D eigenvalue weighted by Crippen LogP contribution is -1.80. The van der Waals surface area contributed by atoms with E-state index < -0.39 is 0 Å². The van der Waals surface area contributed by atoms with E-state index in [4.69, 9.17) is 9.84 Å². The molecule has 0 amide bonds. The van der Waals surface area contributed by atoms with Crippen LogP contribution < -0.4 is 4.74 Å². The third kappa shape index (κ3) is 1.64. The Bertz CT molecular complexity index is 378. The van der Waals surface area contributed by atoms with Crippen LogP contribution in [-0.2, 0) is 0 Å². The second kappa shape index (κ2) is 3.23. The average Bonchev–Trinajstić information content (AvgIpc) is 2.54. The fourth-order valence-electron chi connectivity index (χ4n) is 0.983. The first-order valence-corrected chi connectivity index (χ1v) is 3.85. The van der Waals surface area contributed by atoms with Crippen LogP contribution in [0.3, 0.4) is 0 Å². The molecule has 13 heavy (non-hydrogen) atoms. The van der Waals surface area contributed by atoms with Crippen LogP contribution >= 0.6 is 0 Å². The van der Waals surface area contributed by atoms with Crippen molar-refractivity contribution >= 4 is 0 Å². The van der Waals surface area contributed by atoms with Crippen LogP contribution in [0.15, 0.2) is 47.1 Å². The zero-order valence-electron chi connectivity index (χ0n) is 6.81. The summed E-state index contributed by atoms with van der Waals surface area (Å²) < 4.78 is 9.97. The van der Waals surface area contributed by atoms with Gasteiger partial charge in [0.05, 0.1) is 6.26 Å². The first-order valence-electron chi connectivity index (χ1n) is 3.85. The minimum atomic E-state index is -0.205. The van der Waals surface area contributed by atoms with Gasteiger partial charge >= 0.3 is 5.95 Å². The van der Waals surface area contributed by atoms with Crippen molar-refractivity contribution in [2.45, 2.75) is 0 Å². The van der Waals surface area contributed by atoms with Crippen molar-refractivity contribution in [2.75, 3.05) is 0 Å². The Morgan fingerprint density at radius 3 is 2.46 bits per heavy atom. The third-order valence-corrected chi connectivity index (χ3v) is 1.58. The van der Waals surface area contributed by atoms with Crippen LogP contribution in [0, 0.1) is 0 Å². The predicted octanol–water partition coefficient (Wildman–Crippen LogP) is 2.78. The van der Waals surface area contributed by atoms with Gasteiger partial charge in [0.25, 0.3) is 0 Å². The molecule has 0 saturated carbocycles. The lowest BCUT2D eigenvalue weighted by Gasteiger charge is -2.01. The molecule has 3 nitrogen and oxygen atoms in total. The van der Waals surface area contributed by atoms with Gasteiger partial charge in [-0.3, -0.25) is 0 Å². The van der Waals surface area contributed by atoms with E-state index in [1.165, 1.54) is 6.26 Å². The number of para-hydroxylation sites is 1. The molecule has 0 saturated heterocycles. The van der Waals surface area contributed by atoms with Crippen LogP contribution in [0.5, 0.6) is 17.4 Å². The van der Waals surface area contributed by atoms with Gasteiger partial charge in [-0.05, 0) is 12.1 Å². The second-order valence-electron chi connectivity index (χ2n) is 2.51. The molecule has 3 heteroatoms. The molecule has 1 heterocycles. The van der Waals surface area contributed by atoms with Gasteiger partial charge in [0.2, 0.25) is 5.75 Å². The number of benzene rings is 1. The Morgan fingerprint density at radius 2 is 1.85 bits per heavy atom. The summed E-state index contributed by atoms with van der Waals surface area (Å²) in [6, 6.07) is 10.8. The number of rotatable bonds is 2. The third-order valence-electron chi connectivity index (χ3n) is 1.58. The second-order valence-corrected chi connectivity index (χ2v) is 2.51. The van der Waals surface area contributed by atoms with Crippen molar-refractivity contribution in [3.63, 3.8) is 0 Å². The molecule has 0 aliphatic heterocycles. The van der Waals surface area contributed by atoms with Crippen LogP contribution in [0.25, 0.3) is 0 Å². The van der Waals surface area contributed by atoms with Gasteiger partial charge in [-0.15, -0.1) is 0 Å². The molecule has 0 bridgehead atoms. The van der Waals surface area contributed by atoms with E-state index in [-0.39, 0.29) is 5.95 Å². The molecular weight excluding hydrogens is 168 g/mol. The van der Waals surface area contributed by atoms with Gasteiger partial charge in [0, 0.05) is 6.07 Å². The molecule has 1 N–H and O–H groups in total. The number of hydrogen-bond donors (Lipinski definition) is 1. The summed E-state index contributed by atoms with van der Waals surface area (Å²) in [5.41, 5.74) is 0. The summed E-state index contributed by atoms with van der Waals surface area (Å²) in [5, 5.41) is 9.12. The lowest BCUT2D eigenvalue weighted by atomic mass is 10.3. The minimum absolute atomic E-state index is 0.205. The summed E-state index contributed by atoms with van der Waals surface area (Å²) in [6.07, 6.45) is 1.37. The summed E-state index contributed by atoms with van der Waals surface area (Å²) in [6.45, 7) is 0. The van der Waals surface area contributed by atoms with Gasteiger partial charge in [-0.2, -0.15) is 0 Å². The molecule has 66 valence electrons. The standard InChI is InChI=1S/C10H8O3/c11-10-9(6-7-12-10)13-8-4-2-1-3-5-8/h1-7,11H. The Kier molecular flexibility index (Phi) is 1.92. The van der Waals surface area contributed by atoms with E-state index in [9.17, 15) is 0 Å². The van der Waals surface area contributed by atoms with Gasteiger partial charge in [-0.25, -0.2) is 0 Å². The Hall–Kier alpha value is -1.90. The number of hydrogen-bond acceptors (Lipinski definition) is 3. The highest BCUT2D eigenvalue weighted by molar-refractivity contribution is 5.34. The maximum Gasteiger partial charge on any atom is 0.326 e. The molecule has 1 aromatic heterocycles. The van der Waals surface area contributed by atoms with Gasteiger partial charge in [-0.1, -0.05) is 18.2 Å². The smallest absolute Gasteiger partial charge is 0.326 e. The SMILES string of the molecule is Oc1occc1Oc1ccccc1. The number of furan rings is 1. The predicted molar refractivity (Wildman–Crippen MR) is 46.9 cm³/mol. The van der Waals surface area contributed by atoms with Crippen molar-refractivity contribution in [1.82, 2.24) is 0 Å². The monoisotopic (exact) mass is 176 g/mol. The molecule has 0 radical (unpaired) electrons. The highest BCUT2D eigenvalue weighted by Crippen LogP contribution is 2.30. The van der Waals surface area contributed by atoms with Crippen LogP contribution in [0.4, 0.5) is 0 Å². The maximum absolute atomic E-state index is 9.12. The molecule has 2 aromatic rings. The van der Waals surface area contributed by atoms with Crippen molar-refractivity contribution in [1.29, 1.82) is 0 Å². The van der Waals surface area contributed by atoms with E-state index in [1.54, 1.807) is 18.2 Å². The highest BCUT2D eigenvalue weighted by Gasteiger charge is 2.05. The molecule has 0 spiro atoms. The molecule has 0 aliphatic rings. The summed E-state index contributed by atoms with van der Waals surface area (Å²) >= 11 is 0. The fourth-order valence-corrected chi connectivity index (χ4v) is 0.983. The van der Waals surface area contributed by atoms with Gasteiger partial charge < -0.3 is 14.3 Å². The van der Waals surface area contributed by atoms with E-state index in [2.05, 4.69) is 4.42 Å². The van der Waals surface area contributed by atoms with Gasteiger partial charge in [0.15, 0.2) is 0 Å². The van der Waals surface area contributed by atoms with Crippen LogP contribution in [0.1, 0.15) is 0 Å². The molecule has 0 unspecified atom stereocenters. The summed E-state index contributed by atoms with van der Waals surface area (Å²) in [4.78, 5) is 0. The zero-order valence-corrected chi connectivity index (χ0v) is 6.81. The normalized spacial score (nSPS) is 9.85. The molecule has 0 aliphatic carbocycles. The Morgan fingerprint density at radius 1 is 1.08 bits per heavy atom. The first kappa shape index (κ1) is 7.73. The topological polar surface area (TPSA) is 42.6 Å². The number of aromatic hydroxyl groups is 1. The highest BCUT2D eigenvalue weighted by atomic mass is 16.5. The van der Waals surface area contributed by atoms with Crippen molar-refractivity contribution in [2.24, 2.45) is 0 Å². The molecule has 0 fully saturated rings. The molecule has 0 atom stereocenters. The van der Waals surface area contributed by atoms with Crippen molar-refractivity contribution in [3.05, 3.63) is 42.7 Å². The summed E-state index contributed by atoms with van der Waals surface area (Å²) in [7, 11) is 0. The number of ether oxygens (including phenoxy) is 1. The van der Waals surface area contributed by atoms with Crippen LogP contribution in [-0.4, -0.2) is 5.11 Å². The molecule has 1 aromatic carbocycles. The Labute approximate surface area is 75.2 Å². The van der Waals surface area contributed by atoms with Crippen molar-refractivity contribution in [3.8, 4) is 17.4 Å². The molecule has 2 rings (SSSR count). The summed E-state index contributed by atoms with van der Waals surface area (Å²) in [5.74, 6) is 0.786. The van der Waals surface area contributed by atoms with Gasteiger partial charge in [0.1, 0.15) is 5.75 Å². The lowest BCUT2D eigenvalue weighted by molar-refractivity contribution is 0.310. The average molecular weight is 176 g/mol. The van der Waals surface area contributed by atoms with Crippen LogP contribution in [0.2, 0.25) is 0 Å². The quantitative estimate of drug-likeness (QED) is 0.764.